The monoisotopic (exact) mass is 389 g/mol. The quantitative estimate of drug-likeness (QED) is 0.747. The molecule has 7 heteroatoms. The van der Waals surface area contributed by atoms with Crippen LogP contribution in [-0.2, 0) is 4.79 Å². The van der Waals surface area contributed by atoms with Crippen LogP contribution in [0.2, 0.25) is 0 Å². The van der Waals surface area contributed by atoms with Crippen LogP contribution in [-0.4, -0.2) is 39.0 Å². The SMILES string of the molecule is O=C(NC1CCC2(CC1)CCN(c1ccccc1)C2=O)c1cnn2cccnc12. The molecule has 3 aromatic rings. The number of benzene rings is 1. The molecule has 0 atom stereocenters. The first-order chi connectivity index (χ1) is 14.2. The molecule has 7 nitrogen and oxygen atoms in total. The number of carbonyl (C=O) groups is 2. The minimum Gasteiger partial charge on any atom is -0.349 e. The highest BCUT2D eigenvalue weighted by Crippen LogP contribution is 2.46. The zero-order valence-corrected chi connectivity index (χ0v) is 16.1. The van der Waals surface area contributed by atoms with Gasteiger partial charge in [-0.25, -0.2) is 9.50 Å². The van der Waals surface area contributed by atoms with E-state index in [1.54, 1.807) is 29.2 Å². The molecule has 29 heavy (non-hydrogen) atoms. The normalized spacial score (nSPS) is 24.3. The Balaban J connectivity index is 1.24. The number of nitrogens with one attached hydrogen (secondary N) is 1. The molecular weight excluding hydrogens is 366 g/mol. The van der Waals surface area contributed by atoms with Crippen molar-refractivity contribution >= 4 is 23.1 Å². The molecule has 2 aliphatic rings. The van der Waals surface area contributed by atoms with Gasteiger partial charge in [-0.3, -0.25) is 9.59 Å². The summed E-state index contributed by atoms with van der Waals surface area (Å²) in [5, 5.41) is 7.30. The third-order valence-electron chi connectivity index (χ3n) is 6.38. The molecule has 2 fully saturated rings. The minimum absolute atomic E-state index is 0.0744. The molecule has 3 heterocycles. The van der Waals surface area contributed by atoms with Crippen LogP contribution in [0.3, 0.4) is 0 Å². The van der Waals surface area contributed by atoms with Gasteiger partial charge in [-0.1, -0.05) is 18.2 Å². The molecule has 0 unspecified atom stereocenters. The van der Waals surface area contributed by atoms with Crippen molar-refractivity contribution in [2.24, 2.45) is 5.41 Å². The molecule has 148 valence electrons. The van der Waals surface area contributed by atoms with E-state index in [1.807, 2.05) is 35.2 Å². The molecule has 1 aliphatic heterocycles. The van der Waals surface area contributed by atoms with Gasteiger partial charge in [-0.05, 0) is 50.3 Å². The second kappa shape index (κ2) is 6.99. The Morgan fingerprint density at radius 1 is 1.10 bits per heavy atom. The van der Waals surface area contributed by atoms with Crippen LogP contribution >= 0.6 is 0 Å². The summed E-state index contributed by atoms with van der Waals surface area (Å²) in [7, 11) is 0. The van der Waals surface area contributed by atoms with Crippen molar-refractivity contribution in [3.63, 3.8) is 0 Å². The zero-order valence-electron chi connectivity index (χ0n) is 16.1. The fraction of sp³-hybridized carbons (Fsp3) is 0.364. The Morgan fingerprint density at radius 2 is 1.90 bits per heavy atom. The van der Waals surface area contributed by atoms with Crippen molar-refractivity contribution in [2.45, 2.75) is 38.1 Å². The Labute approximate surface area is 168 Å². The minimum atomic E-state index is -0.275. The molecule has 1 saturated heterocycles. The van der Waals surface area contributed by atoms with Gasteiger partial charge in [0, 0.05) is 30.7 Å². The van der Waals surface area contributed by atoms with E-state index < -0.39 is 0 Å². The smallest absolute Gasteiger partial charge is 0.256 e. The van der Waals surface area contributed by atoms with E-state index in [-0.39, 0.29) is 23.3 Å². The van der Waals surface area contributed by atoms with E-state index in [1.165, 1.54) is 0 Å². The number of nitrogens with zero attached hydrogens (tertiary/aromatic N) is 4. The number of hydrogen-bond donors (Lipinski definition) is 1. The largest absolute Gasteiger partial charge is 0.349 e. The lowest BCUT2D eigenvalue weighted by molar-refractivity contribution is -0.127. The Hall–Kier alpha value is -3.22. The van der Waals surface area contributed by atoms with Gasteiger partial charge < -0.3 is 10.2 Å². The van der Waals surface area contributed by atoms with Crippen molar-refractivity contribution in [1.29, 1.82) is 0 Å². The molecule has 2 aromatic heterocycles. The number of hydrogen-bond acceptors (Lipinski definition) is 4. The van der Waals surface area contributed by atoms with Crippen LogP contribution in [0.1, 0.15) is 42.5 Å². The predicted octanol–water partition coefficient (Wildman–Crippen LogP) is 2.83. The van der Waals surface area contributed by atoms with E-state index in [0.717, 1.165) is 44.3 Å². The lowest BCUT2D eigenvalue weighted by Crippen LogP contribution is -2.43. The summed E-state index contributed by atoms with van der Waals surface area (Å²) in [5.41, 5.74) is 1.74. The molecule has 1 aliphatic carbocycles. The Bertz CT molecular complexity index is 1050. The lowest BCUT2D eigenvalue weighted by Gasteiger charge is -2.36. The highest BCUT2D eigenvalue weighted by Gasteiger charge is 2.48. The first-order valence-electron chi connectivity index (χ1n) is 10.1. The zero-order chi connectivity index (χ0) is 19.8. The van der Waals surface area contributed by atoms with E-state index >= 15 is 0 Å². The van der Waals surface area contributed by atoms with E-state index in [4.69, 9.17) is 0 Å². The van der Waals surface area contributed by atoms with E-state index in [0.29, 0.717) is 11.2 Å². The first kappa shape index (κ1) is 17.8. The van der Waals surface area contributed by atoms with Crippen LogP contribution in [0.5, 0.6) is 0 Å². The highest BCUT2D eigenvalue weighted by molar-refractivity contribution is 6.00. The van der Waals surface area contributed by atoms with Gasteiger partial charge >= 0.3 is 0 Å². The molecule has 2 amide bonds. The second-order valence-electron chi connectivity index (χ2n) is 8.02. The number of carbonyl (C=O) groups excluding carboxylic acids is 2. The van der Waals surface area contributed by atoms with Gasteiger partial charge in [-0.2, -0.15) is 5.10 Å². The summed E-state index contributed by atoms with van der Waals surface area (Å²) in [6.45, 7) is 0.772. The standard InChI is InChI=1S/C22H23N5O2/c28-20(18-15-24-27-13-4-12-23-19(18)27)25-16-7-9-22(10-8-16)11-14-26(21(22)29)17-5-2-1-3-6-17/h1-6,12-13,15-16H,7-11,14H2,(H,25,28). The maximum Gasteiger partial charge on any atom is 0.256 e. The summed E-state index contributed by atoms with van der Waals surface area (Å²) in [6, 6.07) is 11.7. The van der Waals surface area contributed by atoms with Crippen molar-refractivity contribution in [3.8, 4) is 0 Å². The van der Waals surface area contributed by atoms with Gasteiger partial charge in [0.05, 0.1) is 11.6 Å². The molecule has 0 bridgehead atoms. The number of aromatic nitrogens is 3. The van der Waals surface area contributed by atoms with Crippen molar-refractivity contribution < 1.29 is 9.59 Å². The van der Waals surface area contributed by atoms with Gasteiger partial charge in [0.2, 0.25) is 5.91 Å². The van der Waals surface area contributed by atoms with Crippen LogP contribution in [0.25, 0.3) is 5.65 Å². The number of para-hydroxylation sites is 1. The number of fused-ring (bicyclic) bond motifs is 1. The number of rotatable bonds is 3. The van der Waals surface area contributed by atoms with Gasteiger partial charge in [0.15, 0.2) is 5.65 Å². The van der Waals surface area contributed by atoms with Gasteiger partial charge in [0.25, 0.3) is 5.91 Å². The number of anilines is 1. The maximum atomic E-state index is 13.2. The summed E-state index contributed by atoms with van der Waals surface area (Å²) in [4.78, 5) is 32.1. The molecule has 0 radical (unpaired) electrons. The molecular formula is C22H23N5O2. The number of amides is 2. The van der Waals surface area contributed by atoms with Crippen molar-refractivity contribution in [1.82, 2.24) is 19.9 Å². The Kier molecular flexibility index (Phi) is 4.30. The maximum absolute atomic E-state index is 13.2. The van der Waals surface area contributed by atoms with Gasteiger partial charge in [-0.15, -0.1) is 0 Å². The molecule has 1 N–H and O–H groups in total. The molecule has 1 saturated carbocycles. The topological polar surface area (TPSA) is 79.6 Å². The summed E-state index contributed by atoms with van der Waals surface area (Å²) >= 11 is 0. The van der Waals surface area contributed by atoms with E-state index in [9.17, 15) is 9.59 Å². The molecule has 1 spiro atoms. The van der Waals surface area contributed by atoms with Crippen molar-refractivity contribution in [2.75, 3.05) is 11.4 Å². The third kappa shape index (κ3) is 3.06. The average molecular weight is 389 g/mol. The van der Waals surface area contributed by atoms with Crippen LogP contribution < -0.4 is 10.2 Å². The van der Waals surface area contributed by atoms with Gasteiger partial charge in [0.1, 0.15) is 5.56 Å². The van der Waals surface area contributed by atoms with Crippen LogP contribution in [0, 0.1) is 5.41 Å². The Morgan fingerprint density at radius 3 is 2.69 bits per heavy atom. The fourth-order valence-electron chi connectivity index (χ4n) is 4.70. The van der Waals surface area contributed by atoms with E-state index in [2.05, 4.69) is 15.4 Å². The van der Waals surface area contributed by atoms with Crippen LogP contribution in [0.15, 0.2) is 55.0 Å². The lowest BCUT2D eigenvalue weighted by atomic mass is 9.71. The first-order valence-corrected chi connectivity index (χ1v) is 10.1. The summed E-state index contributed by atoms with van der Waals surface area (Å²) < 4.78 is 1.60. The average Bonchev–Trinajstić information content (AvgIpc) is 3.33. The van der Waals surface area contributed by atoms with Crippen molar-refractivity contribution in [3.05, 3.63) is 60.6 Å². The second-order valence-corrected chi connectivity index (χ2v) is 8.02. The predicted molar refractivity (Wildman–Crippen MR) is 109 cm³/mol. The summed E-state index contributed by atoms with van der Waals surface area (Å²) in [5.74, 6) is 0.0867. The van der Waals surface area contributed by atoms with Crippen LogP contribution in [0.4, 0.5) is 5.69 Å². The highest BCUT2D eigenvalue weighted by atomic mass is 16.2. The molecule has 1 aromatic carbocycles. The third-order valence-corrected chi connectivity index (χ3v) is 6.38. The fourth-order valence-corrected chi connectivity index (χ4v) is 4.70. The summed E-state index contributed by atoms with van der Waals surface area (Å²) in [6.07, 6.45) is 9.12. The molecule has 5 rings (SSSR count).